The minimum atomic E-state index is -0.0647. The summed E-state index contributed by atoms with van der Waals surface area (Å²) in [6.07, 6.45) is 0.734. The fourth-order valence-electron chi connectivity index (χ4n) is 1.80. The first kappa shape index (κ1) is 16.9. The van der Waals surface area contributed by atoms with Gasteiger partial charge in [0.05, 0.1) is 0 Å². The first-order chi connectivity index (χ1) is 9.58. The molecule has 0 atom stereocenters. The lowest BCUT2D eigenvalue weighted by atomic mass is 10.1. The molecule has 2 amide bonds. The third kappa shape index (κ3) is 5.47. The van der Waals surface area contributed by atoms with Crippen LogP contribution in [0.3, 0.4) is 0 Å². The molecular formula is C14H20Cl2N2O2. The maximum Gasteiger partial charge on any atom is 0.319 e. The monoisotopic (exact) mass is 318 g/mol. The van der Waals surface area contributed by atoms with E-state index in [1.165, 1.54) is 0 Å². The van der Waals surface area contributed by atoms with Crippen LogP contribution in [0.25, 0.3) is 0 Å². The summed E-state index contributed by atoms with van der Waals surface area (Å²) >= 11 is 11.4. The average Bonchev–Trinajstić information content (AvgIpc) is 2.45. The van der Waals surface area contributed by atoms with E-state index in [0.717, 1.165) is 12.0 Å². The first-order valence-corrected chi connectivity index (χ1v) is 7.55. The molecule has 0 aliphatic rings. The van der Waals surface area contributed by atoms with Gasteiger partial charge in [-0.25, -0.2) is 4.79 Å². The van der Waals surface area contributed by atoms with E-state index in [0.29, 0.717) is 31.4 Å². The van der Waals surface area contributed by atoms with E-state index in [9.17, 15) is 9.90 Å². The van der Waals surface area contributed by atoms with Crippen LogP contribution in [0.5, 0.6) is 5.75 Å². The number of nitrogens with zero attached hydrogens (tertiary/aromatic N) is 2. The minimum Gasteiger partial charge on any atom is -0.508 e. The fraction of sp³-hybridized carbons (Fsp3) is 0.500. The number of amides is 2. The van der Waals surface area contributed by atoms with Crippen molar-refractivity contribution in [3.05, 3.63) is 29.8 Å². The summed E-state index contributed by atoms with van der Waals surface area (Å²) in [7, 11) is 1.76. The highest BCUT2D eigenvalue weighted by molar-refractivity contribution is 6.18. The van der Waals surface area contributed by atoms with Crippen LogP contribution in [0.4, 0.5) is 4.79 Å². The van der Waals surface area contributed by atoms with Gasteiger partial charge in [0.25, 0.3) is 0 Å². The molecule has 0 saturated heterocycles. The molecule has 20 heavy (non-hydrogen) atoms. The molecule has 0 aliphatic heterocycles. The Kier molecular flexibility index (Phi) is 7.55. The summed E-state index contributed by atoms with van der Waals surface area (Å²) in [6, 6.07) is 6.92. The van der Waals surface area contributed by atoms with Crippen LogP contribution in [0.15, 0.2) is 24.3 Å². The molecule has 112 valence electrons. The predicted molar refractivity (Wildman–Crippen MR) is 82.8 cm³/mol. The maximum absolute atomic E-state index is 12.2. The number of urea groups is 1. The van der Waals surface area contributed by atoms with Crippen molar-refractivity contribution in [2.45, 2.75) is 6.42 Å². The molecule has 0 spiro atoms. The quantitative estimate of drug-likeness (QED) is 0.786. The molecule has 6 heteroatoms. The topological polar surface area (TPSA) is 43.8 Å². The Morgan fingerprint density at radius 3 is 2.15 bits per heavy atom. The van der Waals surface area contributed by atoms with Crippen molar-refractivity contribution in [2.75, 3.05) is 38.4 Å². The molecule has 0 unspecified atom stereocenters. The summed E-state index contributed by atoms with van der Waals surface area (Å²) in [4.78, 5) is 15.5. The van der Waals surface area contributed by atoms with Crippen LogP contribution < -0.4 is 0 Å². The van der Waals surface area contributed by atoms with E-state index in [2.05, 4.69) is 0 Å². The number of benzene rings is 1. The van der Waals surface area contributed by atoms with Crippen molar-refractivity contribution in [1.29, 1.82) is 0 Å². The van der Waals surface area contributed by atoms with Crippen molar-refractivity contribution < 1.29 is 9.90 Å². The van der Waals surface area contributed by atoms with Gasteiger partial charge in [0.2, 0.25) is 0 Å². The predicted octanol–water partition coefficient (Wildman–Crippen LogP) is 2.77. The lowest BCUT2D eigenvalue weighted by Crippen LogP contribution is -2.43. The van der Waals surface area contributed by atoms with Gasteiger partial charge in [0, 0.05) is 38.4 Å². The van der Waals surface area contributed by atoms with Gasteiger partial charge < -0.3 is 14.9 Å². The van der Waals surface area contributed by atoms with Gasteiger partial charge >= 0.3 is 6.03 Å². The van der Waals surface area contributed by atoms with Crippen molar-refractivity contribution >= 4 is 29.2 Å². The minimum absolute atomic E-state index is 0.0647. The number of phenolic OH excluding ortho intramolecular Hbond substituents is 1. The number of halogens is 2. The number of hydrogen-bond acceptors (Lipinski definition) is 2. The molecule has 0 fully saturated rings. The van der Waals surface area contributed by atoms with E-state index in [-0.39, 0.29) is 11.8 Å². The van der Waals surface area contributed by atoms with Gasteiger partial charge in [0.1, 0.15) is 5.75 Å². The van der Waals surface area contributed by atoms with E-state index in [4.69, 9.17) is 23.2 Å². The molecule has 0 heterocycles. The van der Waals surface area contributed by atoms with E-state index >= 15 is 0 Å². The lowest BCUT2D eigenvalue weighted by Gasteiger charge is -2.27. The summed E-state index contributed by atoms with van der Waals surface area (Å²) in [6.45, 7) is 1.60. The Morgan fingerprint density at radius 1 is 1.10 bits per heavy atom. The van der Waals surface area contributed by atoms with Gasteiger partial charge in [0.15, 0.2) is 0 Å². The zero-order chi connectivity index (χ0) is 15.0. The molecule has 0 aromatic heterocycles. The molecule has 1 aromatic rings. The summed E-state index contributed by atoms with van der Waals surface area (Å²) < 4.78 is 0. The first-order valence-electron chi connectivity index (χ1n) is 6.48. The number of carbonyl (C=O) groups excluding carboxylic acids is 1. The second kappa shape index (κ2) is 8.93. The highest BCUT2D eigenvalue weighted by Gasteiger charge is 2.16. The van der Waals surface area contributed by atoms with Crippen LogP contribution in [0.1, 0.15) is 5.56 Å². The molecule has 0 radical (unpaired) electrons. The van der Waals surface area contributed by atoms with Gasteiger partial charge in [-0.1, -0.05) is 12.1 Å². The zero-order valence-corrected chi connectivity index (χ0v) is 13.1. The number of rotatable bonds is 7. The highest BCUT2D eigenvalue weighted by atomic mass is 35.5. The molecule has 4 nitrogen and oxygen atoms in total. The van der Waals surface area contributed by atoms with Crippen LogP contribution in [-0.4, -0.2) is 59.4 Å². The number of hydrogen-bond donors (Lipinski definition) is 1. The standard InChI is InChI=1S/C14H20Cl2N2O2/c1-17(14(20)18(10-7-15)11-8-16)9-6-12-2-4-13(19)5-3-12/h2-5,19H,6-11H2,1H3. The van der Waals surface area contributed by atoms with Crippen molar-refractivity contribution in [3.8, 4) is 5.75 Å². The third-order valence-corrected chi connectivity index (χ3v) is 3.32. The number of carbonyl (C=O) groups is 1. The molecule has 1 aromatic carbocycles. The molecule has 1 rings (SSSR count). The second-order valence-electron chi connectivity index (χ2n) is 4.49. The Balaban J connectivity index is 2.49. The van der Waals surface area contributed by atoms with Crippen LogP contribution in [0.2, 0.25) is 0 Å². The zero-order valence-electron chi connectivity index (χ0n) is 11.6. The van der Waals surface area contributed by atoms with Crippen molar-refractivity contribution in [3.63, 3.8) is 0 Å². The van der Waals surface area contributed by atoms with Crippen LogP contribution >= 0.6 is 23.2 Å². The second-order valence-corrected chi connectivity index (χ2v) is 5.24. The Labute approximate surface area is 129 Å². The Morgan fingerprint density at radius 2 is 1.65 bits per heavy atom. The summed E-state index contributed by atoms with van der Waals surface area (Å²) in [5.41, 5.74) is 1.07. The van der Waals surface area contributed by atoms with Crippen molar-refractivity contribution in [2.24, 2.45) is 0 Å². The number of aromatic hydroxyl groups is 1. The fourth-order valence-corrected chi connectivity index (χ4v) is 2.21. The summed E-state index contributed by atoms with van der Waals surface area (Å²) in [5.74, 6) is 1.04. The average molecular weight is 319 g/mol. The SMILES string of the molecule is CN(CCc1ccc(O)cc1)C(=O)N(CCCl)CCCl. The van der Waals surface area contributed by atoms with Gasteiger partial charge in [-0.15, -0.1) is 23.2 Å². The van der Waals surface area contributed by atoms with Crippen LogP contribution in [-0.2, 0) is 6.42 Å². The van der Waals surface area contributed by atoms with Crippen LogP contribution in [0, 0.1) is 0 Å². The normalized spacial score (nSPS) is 10.3. The number of phenols is 1. The maximum atomic E-state index is 12.2. The molecule has 1 N–H and O–H groups in total. The number of likely N-dealkylation sites (N-methyl/N-ethyl adjacent to an activating group) is 1. The largest absolute Gasteiger partial charge is 0.508 e. The van der Waals surface area contributed by atoms with E-state index < -0.39 is 0 Å². The van der Waals surface area contributed by atoms with Gasteiger partial charge in [-0.3, -0.25) is 0 Å². The molecular weight excluding hydrogens is 299 g/mol. The number of alkyl halides is 2. The Hall–Kier alpha value is -1.13. The lowest BCUT2D eigenvalue weighted by molar-refractivity contribution is 0.169. The molecule has 0 bridgehead atoms. The van der Waals surface area contributed by atoms with Gasteiger partial charge in [-0.2, -0.15) is 0 Å². The van der Waals surface area contributed by atoms with Gasteiger partial charge in [-0.05, 0) is 24.1 Å². The molecule has 0 saturated carbocycles. The van der Waals surface area contributed by atoms with Crippen molar-refractivity contribution in [1.82, 2.24) is 9.80 Å². The summed E-state index contributed by atoms with van der Waals surface area (Å²) in [5, 5.41) is 9.22. The molecule has 0 aliphatic carbocycles. The van der Waals surface area contributed by atoms with E-state index in [1.54, 1.807) is 29.0 Å². The van der Waals surface area contributed by atoms with E-state index in [1.807, 2.05) is 12.1 Å². The third-order valence-electron chi connectivity index (χ3n) is 2.98. The smallest absolute Gasteiger partial charge is 0.319 e. The highest BCUT2D eigenvalue weighted by Crippen LogP contribution is 2.10. The Bertz CT molecular complexity index is 406.